The van der Waals surface area contributed by atoms with Crippen LogP contribution in [0, 0.1) is 0 Å². The van der Waals surface area contributed by atoms with Gasteiger partial charge in [-0.25, -0.2) is 4.79 Å². The van der Waals surface area contributed by atoms with Crippen molar-refractivity contribution in [3.63, 3.8) is 0 Å². The summed E-state index contributed by atoms with van der Waals surface area (Å²) >= 11 is 0. The summed E-state index contributed by atoms with van der Waals surface area (Å²) in [6, 6.07) is 7.47. The molecule has 1 aromatic rings. The van der Waals surface area contributed by atoms with E-state index in [0.717, 1.165) is 18.5 Å². The van der Waals surface area contributed by atoms with Gasteiger partial charge in [0.1, 0.15) is 0 Å². The van der Waals surface area contributed by atoms with Crippen molar-refractivity contribution in [3.05, 3.63) is 35.4 Å². The number of nitrogens with zero attached hydrogens (tertiary/aromatic N) is 1. The van der Waals surface area contributed by atoms with Crippen molar-refractivity contribution in [3.8, 4) is 0 Å². The number of benzene rings is 1. The fraction of sp³-hybridized carbons (Fsp3) is 0.500. The highest BCUT2D eigenvalue weighted by molar-refractivity contribution is 5.87. The van der Waals surface area contributed by atoms with Crippen molar-refractivity contribution in [2.75, 3.05) is 20.6 Å². The molecule has 1 rings (SSSR count). The number of carbonyl (C=O) groups is 1. The molecule has 0 saturated carbocycles. The molecule has 0 heterocycles. The van der Waals surface area contributed by atoms with Crippen molar-refractivity contribution in [2.45, 2.75) is 25.9 Å². The van der Waals surface area contributed by atoms with E-state index in [9.17, 15) is 4.79 Å². The Balaban J connectivity index is 2.43. The Morgan fingerprint density at radius 2 is 2.17 bits per heavy atom. The molecule has 0 amide bonds. The average Bonchev–Trinajstić information content (AvgIpc) is 2.34. The zero-order chi connectivity index (χ0) is 13.5. The van der Waals surface area contributed by atoms with Crippen molar-refractivity contribution >= 4 is 5.97 Å². The first kappa shape index (κ1) is 14.7. The van der Waals surface area contributed by atoms with Crippen LogP contribution in [-0.4, -0.2) is 42.7 Å². The molecule has 0 aliphatic heterocycles. The number of aromatic carboxylic acids is 1. The standard InChI is InChI=1S/C14H22N2O2/c1-11(7-8-16(2)3)15-10-12-5-4-6-13(9-12)14(17)18/h4-6,9,11,15H,7-8,10H2,1-3H3,(H,17,18). The highest BCUT2D eigenvalue weighted by Gasteiger charge is 2.05. The lowest BCUT2D eigenvalue weighted by Gasteiger charge is -2.16. The van der Waals surface area contributed by atoms with Crippen LogP contribution in [0.2, 0.25) is 0 Å². The lowest BCUT2D eigenvalue weighted by molar-refractivity contribution is 0.0696. The molecule has 4 heteroatoms. The number of carboxylic acids is 1. The Morgan fingerprint density at radius 3 is 2.78 bits per heavy atom. The van der Waals surface area contributed by atoms with Crippen LogP contribution in [0.5, 0.6) is 0 Å². The van der Waals surface area contributed by atoms with E-state index in [-0.39, 0.29) is 0 Å². The van der Waals surface area contributed by atoms with Gasteiger partial charge in [-0.15, -0.1) is 0 Å². The Kier molecular flexibility index (Phi) is 5.82. The van der Waals surface area contributed by atoms with Crippen LogP contribution in [-0.2, 0) is 6.54 Å². The van der Waals surface area contributed by atoms with Gasteiger partial charge in [-0.05, 0) is 51.7 Å². The maximum Gasteiger partial charge on any atom is 0.335 e. The normalized spacial score (nSPS) is 12.7. The summed E-state index contributed by atoms with van der Waals surface area (Å²) in [7, 11) is 4.12. The van der Waals surface area contributed by atoms with Crippen LogP contribution in [0.1, 0.15) is 29.3 Å². The third kappa shape index (κ3) is 5.29. The third-order valence-electron chi connectivity index (χ3n) is 2.84. The first-order valence-corrected chi connectivity index (χ1v) is 6.19. The molecule has 0 bridgehead atoms. The Labute approximate surface area is 109 Å². The molecule has 18 heavy (non-hydrogen) atoms. The molecule has 4 nitrogen and oxygen atoms in total. The zero-order valence-electron chi connectivity index (χ0n) is 11.3. The van der Waals surface area contributed by atoms with E-state index in [0.29, 0.717) is 18.2 Å². The van der Waals surface area contributed by atoms with Gasteiger partial charge in [-0.2, -0.15) is 0 Å². The van der Waals surface area contributed by atoms with E-state index >= 15 is 0 Å². The Morgan fingerprint density at radius 1 is 1.44 bits per heavy atom. The molecular weight excluding hydrogens is 228 g/mol. The lowest BCUT2D eigenvalue weighted by atomic mass is 10.1. The topological polar surface area (TPSA) is 52.6 Å². The summed E-state index contributed by atoms with van der Waals surface area (Å²) in [6.07, 6.45) is 1.08. The second-order valence-corrected chi connectivity index (χ2v) is 4.88. The SMILES string of the molecule is CC(CCN(C)C)NCc1cccc(C(=O)O)c1. The lowest BCUT2D eigenvalue weighted by Crippen LogP contribution is -2.29. The fourth-order valence-corrected chi connectivity index (χ4v) is 1.66. The minimum Gasteiger partial charge on any atom is -0.478 e. The Bertz CT molecular complexity index is 391. The molecule has 1 aromatic carbocycles. The van der Waals surface area contributed by atoms with Gasteiger partial charge in [-0.1, -0.05) is 12.1 Å². The number of rotatable bonds is 7. The summed E-state index contributed by atoms with van der Waals surface area (Å²) in [6.45, 7) is 3.89. The molecular formula is C14H22N2O2. The number of nitrogens with one attached hydrogen (secondary N) is 1. The summed E-state index contributed by atoms with van der Waals surface area (Å²) in [5.74, 6) is -0.877. The first-order chi connectivity index (χ1) is 8.49. The number of carboxylic acid groups (broad SMARTS) is 1. The molecule has 0 fully saturated rings. The highest BCUT2D eigenvalue weighted by Crippen LogP contribution is 2.06. The molecule has 0 radical (unpaired) electrons. The molecule has 0 spiro atoms. The second kappa shape index (κ2) is 7.13. The van der Waals surface area contributed by atoms with Crippen molar-refractivity contribution in [1.29, 1.82) is 0 Å². The Hall–Kier alpha value is -1.39. The third-order valence-corrected chi connectivity index (χ3v) is 2.84. The predicted molar refractivity (Wildman–Crippen MR) is 72.9 cm³/mol. The summed E-state index contributed by atoms with van der Waals surface area (Å²) in [4.78, 5) is 13.0. The van der Waals surface area contributed by atoms with E-state index in [1.54, 1.807) is 18.2 Å². The van der Waals surface area contributed by atoms with Gasteiger partial charge in [0, 0.05) is 12.6 Å². The monoisotopic (exact) mass is 250 g/mol. The van der Waals surface area contributed by atoms with Gasteiger partial charge in [0.2, 0.25) is 0 Å². The molecule has 1 unspecified atom stereocenters. The maximum absolute atomic E-state index is 10.8. The fourth-order valence-electron chi connectivity index (χ4n) is 1.66. The quantitative estimate of drug-likeness (QED) is 0.775. The van der Waals surface area contributed by atoms with Crippen LogP contribution in [0.3, 0.4) is 0 Å². The molecule has 2 N–H and O–H groups in total. The van der Waals surface area contributed by atoms with Gasteiger partial charge in [0.25, 0.3) is 0 Å². The van der Waals surface area contributed by atoms with Gasteiger partial charge in [-0.3, -0.25) is 0 Å². The summed E-state index contributed by atoms with van der Waals surface area (Å²) in [5, 5.41) is 12.3. The van der Waals surface area contributed by atoms with E-state index in [1.807, 2.05) is 6.07 Å². The minimum atomic E-state index is -0.877. The van der Waals surface area contributed by atoms with Gasteiger partial charge in [0.05, 0.1) is 5.56 Å². The van der Waals surface area contributed by atoms with Gasteiger partial charge >= 0.3 is 5.97 Å². The van der Waals surface area contributed by atoms with Gasteiger partial charge < -0.3 is 15.3 Å². The van der Waals surface area contributed by atoms with Crippen molar-refractivity contribution in [2.24, 2.45) is 0 Å². The predicted octanol–water partition coefficient (Wildman–Crippen LogP) is 1.81. The van der Waals surface area contributed by atoms with Crippen LogP contribution in [0.4, 0.5) is 0 Å². The largest absolute Gasteiger partial charge is 0.478 e. The highest BCUT2D eigenvalue weighted by atomic mass is 16.4. The summed E-state index contributed by atoms with van der Waals surface area (Å²) < 4.78 is 0. The second-order valence-electron chi connectivity index (χ2n) is 4.88. The van der Waals surface area contributed by atoms with Crippen LogP contribution < -0.4 is 5.32 Å². The molecule has 0 aromatic heterocycles. The van der Waals surface area contributed by atoms with Crippen LogP contribution in [0.25, 0.3) is 0 Å². The molecule has 100 valence electrons. The van der Waals surface area contributed by atoms with Crippen LogP contribution >= 0.6 is 0 Å². The van der Waals surface area contributed by atoms with E-state index in [4.69, 9.17) is 5.11 Å². The zero-order valence-corrected chi connectivity index (χ0v) is 11.3. The molecule has 0 saturated heterocycles. The smallest absolute Gasteiger partial charge is 0.335 e. The van der Waals surface area contributed by atoms with Crippen molar-refractivity contribution < 1.29 is 9.90 Å². The molecule has 0 aliphatic rings. The minimum absolute atomic E-state index is 0.343. The number of hydrogen-bond donors (Lipinski definition) is 2. The molecule has 1 atom stereocenters. The van der Waals surface area contributed by atoms with Crippen molar-refractivity contribution in [1.82, 2.24) is 10.2 Å². The summed E-state index contributed by atoms with van der Waals surface area (Å²) in [5.41, 5.74) is 1.35. The maximum atomic E-state index is 10.8. The van der Waals surface area contributed by atoms with E-state index in [1.165, 1.54) is 0 Å². The molecule has 0 aliphatic carbocycles. The number of hydrogen-bond acceptors (Lipinski definition) is 3. The average molecular weight is 250 g/mol. The van der Waals surface area contributed by atoms with Crippen LogP contribution in [0.15, 0.2) is 24.3 Å². The first-order valence-electron chi connectivity index (χ1n) is 6.19. The van der Waals surface area contributed by atoms with E-state index in [2.05, 4.69) is 31.2 Å². The van der Waals surface area contributed by atoms with Gasteiger partial charge in [0.15, 0.2) is 0 Å². The van der Waals surface area contributed by atoms with E-state index < -0.39 is 5.97 Å².